The molecule has 0 saturated heterocycles. The number of ketones is 1. The van der Waals surface area contributed by atoms with E-state index >= 15 is 0 Å². The number of nitrogens with zero attached hydrogens (tertiary/aromatic N) is 1. The lowest BCUT2D eigenvalue weighted by Crippen LogP contribution is -2.25. The smallest absolute Gasteiger partial charge is 0.346 e. The van der Waals surface area contributed by atoms with Crippen molar-refractivity contribution in [2.75, 3.05) is 13.7 Å². The van der Waals surface area contributed by atoms with E-state index in [1.54, 1.807) is 25.1 Å². The lowest BCUT2D eigenvalue weighted by atomic mass is 10.0. The second-order valence-electron chi connectivity index (χ2n) is 6.42. The minimum absolute atomic E-state index is 0.137. The van der Waals surface area contributed by atoms with Crippen molar-refractivity contribution in [3.8, 4) is 11.5 Å². The van der Waals surface area contributed by atoms with Crippen LogP contribution in [-0.2, 0) is 4.74 Å². The van der Waals surface area contributed by atoms with Gasteiger partial charge in [0.2, 0.25) is 5.78 Å². The third-order valence-corrected chi connectivity index (χ3v) is 4.44. The van der Waals surface area contributed by atoms with E-state index in [2.05, 4.69) is 0 Å². The zero-order valence-corrected chi connectivity index (χ0v) is 17.0. The van der Waals surface area contributed by atoms with Crippen LogP contribution in [0.2, 0.25) is 0 Å². The van der Waals surface area contributed by atoms with Crippen LogP contribution < -0.4 is 9.47 Å². The molecule has 0 amide bonds. The average molecular weight is 401 g/mol. The minimum atomic E-state index is -1.12. The van der Waals surface area contributed by atoms with Crippen LogP contribution in [0.15, 0.2) is 30.3 Å². The fourth-order valence-corrected chi connectivity index (χ4v) is 2.70. The van der Waals surface area contributed by atoms with Crippen molar-refractivity contribution in [1.82, 2.24) is 0 Å². The fourth-order valence-electron chi connectivity index (χ4n) is 2.70. The lowest BCUT2D eigenvalue weighted by molar-refractivity contribution is -0.385. The van der Waals surface area contributed by atoms with Crippen LogP contribution in [0.1, 0.15) is 45.7 Å². The predicted molar refractivity (Wildman–Crippen MR) is 106 cm³/mol. The Morgan fingerprint density at radius 3 is 2.34 bits per heavy atom. The number of benzene rings is 2. The van der Waals surface area contributed by atoms with Gasteiger partial charge >= 0.3 is 5.97 Å². The molecular formula is C21H23NO7. The summed E-state index contributed by atoms with van der Waals surface area (Å²) >= 11 is 0. The van der Waals surface area contributed by atoms with Gasteiger partial charge in [-0.2, -0.15) is 0 Å². The van der Waals surface area contributed by atoms with E-state index in [-0.39, 0.29) is 23.7 Å². The second-order valence-corrected chi connectivity index (χ2v) is 6.42. The van der Waals surface area contributed by atoms with Gasteiger partial charge in [-0.25, -0.2) is 4.79 Å². The van der Waals surface area contributed by atoms with Crippen LogP contribution >= 0.6 is 0 Å². The molecule has 0 aliphatic heterocycles. The molecule has 0 aromatic heterocycles. The molecule has 0 heterocycles. The molecule has 1 atom stereocenters. The van der Waals surface area contributed by atoms with Crippen molar-refractivity contribution in [3.05, 3.63) is 62.7 Å². The van der Waals surface area contributed by atoms with E-state index < -0.39 is 28.5 Å². The highest BCUT2D eigenvalue weighted by Crippen LogP contribution is 2.35. The maximum atomic E-state index is 12.6. The van der Waals surface area contributed by atoms with Gasteiger partial charge in [0.1, 0.15) is 5.56 Å². The number of esters is 1. The normalized spacial score (nSPS) is 11.5. The maximum Gasteiger partial charge on any atom is 0.346 e. The number of methoxy groups -OCH3 is 1. The topological polar surface area (TPSA) is 105 Å². The Morgan fingerprint density at radius 2 is 1.79 bits per heavy atom. The molecule has 154 valence electrons. The molecule has 0 N–H and O–H groups in total. The Kier molecular flexibility index (Phi) is 6.93. The van der Waals surface area contributed by atoms with Crippen molar-refractivity contribution in [1.29, 1.82) is 0 Å². The molecular weight excluding hydrogens is 378 g/mol. The summed E-state index contributed by atoms with van der Waals surface area (Å²) in [5, 5.41) is 11.4. The standard InChI is InChI=1S/C21H23NO7/c1-6-28-19-11-17(22(25)26)16(10-18(19)27-5)21(24)29-14(4)20(23)15-8-7-12(2)13(3)9-15/h7-11,14H,6H2,1-5H3/t14-/m0/s1. The van der Waals surface area contributed by atoms with Gasteiger partial charge < -0.3 is 14.2 Å². The van der Waals surface area contributed by atoms with Crippen LogP contribution in [0.25, 0.3) is 0 Å². The van der Waals surface area contributed by atoms with E-state index in [4.69, 9.17) is 14.2 Å². The number of carbonyl (C=O) groups excluding carboxylic acids is 2. The molecule has 0 bridgehead atoms. The number of nitro groups is 1. The molecule has 2 aromatic rings. The molecule has 0 spiro atoms. The van der Waals surface area contributed by atoms with Crippen LogP contribution in [0, 0.1) is 24.0 Å². The Labute approximate surface area is 168 Å². The fraction of sp³-hybridized carbons (Fsp3) is 0.333. The summed E-state index contributed by atoms with van der Waals surface area (Å²) in [7, 11) is 1.35. The molecule has 0 aliphatic rings. The van der Waals surface area contributed by atoms with Gasteiger partial charge in [0.15, 0.2) is 17.6 Å². The number of rotatable bonds is 8. The molecule has 8 heteroatoms. The first-order chi connectivity index (χ1) is 13.7. The highest BCUT2D eigenvalue weighted by atomic mass is 16.6. The molecule has 2 rings (SSSR count). The van der Waals surface area contributed by atoms with Crippen LogP contribution in [0.3, 0.4) is 0 Å². The van der Waals surface area contributed by atoms with Crippen LogP contribution in [0.5, 0.6) is 11.5 Å². The maximum absolute atomic E-state index is 12.6. The Morgan fingerprint density at radius 1 is 1.10 bits per heavy atom. The summed E-state index contributed by atoms with van der Waals surface area (Å²) < 4.78 is 15.7. The van der Waals surface area contributed by atoms with Gasteiger partial charge in [-0.3, -0.25) is 14.9 Å². The number of aryl methyl sites for hydroxylation is 2. The third kappa shape index (κ3) is 4.90. The quantitative estimate of drug-likeness (QED) is 0.284. The lowest BCUT2D eigenvalue weighted by Gasteiger charge is -2.15. The van der Waals surface area contributed by atoms with Crippen LogP contribution in [-0.4, -0.2) is 36.5 Å². The predicted octanol–water partition coefficient (Wildman–Crippen LogP) is 4.05. The molecule has 0 saturated carbocycles. The monoisotopic (exact) mass is 401 g/mol. The van der Waals surface area contributed by atoms with Gasteiger partial charge in [0, 0.05) is 11.6 Å². The number of carbonyl (C=O) groups is 2. The Hall–Kier alpha value is -3.42. The Balaban J connectivity index is 2.32. The van der Waals surface area contributed by atoms with Crippen molar-refractivity contribution < 1.29 is 28.7 Å². The number of hydrogen-bond acceptors (Lipinski definition) is 7. The molecule has 29 heavy (non-hydrogen) atoms. The first-order valence-corrected chi connectivity index (χ1v) is 9.01. The van der Waals surface area contributed by atoms with Crippen molar-refractivity contribution in [2.45, 2.75) is 33.8 Å². The summed E-state index contributed by atoms with van der Waals surface area (Å²) in [5.41, 5.74) is 1.54. The molecule has 0 aliphatic carbocycles. The highest BCUT2D eigenvalue weighted by Gasteiger charge is 2.28. The van der Waals surface area contributed by atoms with Gasteiger partial charge in [0.05, 0.1) is 24.7 Å². The van der Waals surface area contributed by atoms with Crippen LogP contribution in [0.4, 0.5) is 5.69 Å². The van der Waals surface area contributed by atoms with Gasteiger partial charge in [-0.05, 0) is 44.9 Å². The summed E-state index contributed by atoms with van der Waals surface area (Å²) in [6.45, 7) is 7.20. The Bertz CT molecular complexity index is 952. The van der Waals surface area contributed by atoms with E-state index in [1.807, 2.05) is 13.8 Å². The molecule has 0 radical (unpaired) electrons. The zero-order valence-electron chi connectivity index (χ0n) is 17.0. The second kappa shape index (κ2) is 9.18. The summed E-state index contributed by atoms with van der Waals surface area (Å²) in [4.78, 5) is 35.9. The van der Waals surface area contributed by atoms with Gasteiger partial charge in [0.25, 0.3) is 5.69 Å². The summed E-state index contributed by atoms with van der Waals surface area (Å²) in [6, 6.07) is 7.45. The van der Waals surface area contributed by atoms with E-state index in [9.17, 15) is 19.7 Å². The molecule has 8 nitrogen and oxygen atoms in total. The van der Waals surface area contributed by atoms with Gasteiger partial charge in [-0.15, -0.1) is 0 Å². The summed E-state index contributed by atoms with van der Waals surface area (Å²) in [5.74, 6) is -1.11. The minimum Gasteiger partial charge on any atom is -0.493 e. The number of ether oxygens (including phenoxy) is 3. The van der Waals surface area contributed by atoms with E-state index in [1.165, 1.54) is 20.1 Å². The SMILES string of the molecule is CCOc1cc([N+](=O)[O-])c(C(=O)O[C@@H](C)C(=O)c2ccc(C)c(C)c2)cc1OC. The summed E-state index contributed by atoms with van der Waals surface area (Å²) in [6.07, 6.45) is -1.12. The highest BCUT2D eigenvalue weighted by molar-refractivity contribution is 6.02. The van der Waals surface area contributed by atoms with Crippen molar-refractivity contribution in [2.24, 2.45) is 0 Å². The largest absolute Gasteiger partial charge is 0.493 e. The average Bonchev–Trinajstić information content (AvgIpc) is 2.69. The molecule has 2 aromatic carbocycles. The molecule has 0 fully saturated rings. The van der Waals surface area contributed by atoms with Crippen molar-refractivity contribution >= 4 is 17.4 Å². The number of hydrogen-bond donors (Lipinski definition) is 0. The first-order valence-electron chi connectivity index (χ1n) is 9.01. The number of nitro benzene ring substituents is 1. The van der Waals surface area contributed by atoms with Gasteiger partial charge in [-0.1, -0.05) is 12.1 Å². The zero-order chi connectivity index (χ0) is 21.7. The van der Waals surface area contributed by atoms with E-state index in [0.29, 0.717) is 5.56 Å². The van der Waals surface area contributed by atoms with Crippen molar-refractivity contribution in [3.63, 3.8) is 0 Å². The molecule has 0 unspecified atom stereocenters. The number of Topliss-reactive ketones (excluding diaryl/α,β-unsaturated/α-hetero) is 1. The third-order valence-electron chi connectivity index (χ3n) is 4.44. The first kappa shape index (κ1) is 21.9. The van der Waals surface area contributed by atoms with E-state index in [0.717, 1.165) is 17.2 Å².